The van der Waals surface area contributed by atoms with Crippen LogP contribution in [0.2, 0.25) is 0 Å². The Labute approximate surface area is 76.2 Å². The van der Waals surface area contributed by atoms with Crippen LogP contribution in [0.4, 0.5) is 0 Å². The van der Waals surface area contributed by atoms with Gasteiger partial charge in [-0.3, -0.25) is 9.36 Å². The molecule has 1 heterocycles. The first-order chi connectivity index (χ1) is 5.82. The molecule has 0 bridgehead atoms. The van der Waals surface area contributed by atoms with Crippen LogP contribution in [0.15, 0.2) is 15.7 Å². The Kier molecular flexibility index (Phi) is 2.15. The van der Waals surface area contributed by atoms with E-state index in [1.165, 1.54) is 10.6 Å². The normalized spacial score (nSPS) is 11.7. The molecule has 0 saturated heterocycles. The molecule has 0 fully saturated rings. The van der Waals surface area contributed by atoms with Crippen molar-refractivity contribution >= 4 is 0 Å². The molecule has 0 atom stereocenters. The summed E-state index contributed by atoms with van der Waals surface area (Å²) in [7, 11) is 0. The molecule has 0 spiro atoms. The zero-order chi connectivity index (χ0) is 10.2. The van der Waals surface area contributed by atoms with Crippen LogP contribution in [0.5, 0.6) is 0 Å². The molecule has 4 nitrogen and oxygen atoms in total. The monoisotopic (exact) mass is 182 g/mol. The quantitative estimate of drug-likeness (QED) is 0.638. The van der Waals surface area contributed by atoms with E-state index in [2.05, 4.69) is 4.98 Å². The lowest BCUT2D eigenvalue weighted by molar-refractivity contribution is 0.366. The van der Waals surface area contributed by atoms with Crippen molar-refractivity contribution in [3.05, 3.63) is 32.6 Å². The van der Waals surface area contributed by atoms with Crippen LogP contribution in [-0.2, 0) is 5.54 Å². The summed E-state index contributed by atoms with van der Waals surface area (Å²) in [5, 5.41) is 0. The Morgan fingerprint density at radius 3 is 2.23 bits per heavy atom. The molecule has 0 aromatic carbocycles. The summed E-state index contributed by atoms with van der Waals surface area (Å²) in [4.78, 5) is 25.5. The zero-order valence-corrected chi connectivity index (χ0v) is 8.34. The van der Waals surface area contributed by atoms with Gasteiger partial charge in [-0.2, -0.15) is 0 Å². The van der Waals surface area contributed by atoms with E-state index in [0.717, 1.165) is 0 Å². The first kappa shape index (κ1) is 9.77. The lowest BCUT2D eigenvalue weighted by Crippen LogP contribution is -2.44. The van der Waals surface area contributed by atoms with Crippen molar-refractivity contribution in [1.29, 1.82) is 0 Å². The highest BCUT2D eigenvalue weighted by molar-refractivity contribution is 4.98. The van der Waals surface area contributed by atoms with E-state index in [4.69, 9.17) is 0 Å². The molecule has 0 unspecified atom stereocenters. The molecule has 1 aromatic heterocycles. The van der Waals surface area contributed by atoms with Crippen LogP contribution >= 0.6 is 0 Å². The zero-order valence-electron chi connectivity index (χ0n) is 8.34. The Morgan fingerprint density at radius 1 is 1.31 bits per heavy atom. The third-order valence-corrected chi connectivity index (χ3v) is 1.74. The molecule has 0 saturated carbocycles. The van der Waals surface area contributed by atoms with E-state index >= 15 is 0 Å². The van der Waals surface area contributed by atoms with Gasteiger partial charge in [-0.1, -0.05) is 0 Å². The Hall–Kier alpha value is -1.32. The second-order valence-corrected chi connectivity index (χ2v) is 4.10. The van der Waals surface area contributed by atoms with Gasteiger partial charge in [-0.05, 0) is 27.7 Å². The van der Waals surface area contributed by atoms with Gasteiger partial charge in [0, 0.05) is 17.3 Å². The predicted octanol–water partition coefficient (Wildman–Crippen LogP) is 0.600. The molecule has 1 N–H and O–H groups in total. The summed E-state index contributed by atoms with van der Waals surface area (Å²) in [5.74, 6) is 0. The van der Waals surface area contributed by atoms with Gasteiger partial charge < -0.3 is 4.98 Å². The topological polar surface area (TPSA) is 54.9 Å². The molecule has 4 heteroatoms. The number of aromatic nitrogens is 2. The molecule has 0 radical (unpaired) electrons. The fourth-order valence-corrected chi connectivity index (χ4v) is 1.25. The Morgan fingerprint density at radius 2 is 1.85 bits per heavy atom. The van der Waals surface area contributed by atoms with Crippen LogP contribution in [0.25, 0.3) is 0 Å². The van der Waals surface area contributed by atoms with Gasteiger partial charge in [0.25, 0.3) is 5.56 Å². The van der Waals surface area contributed by atoms with Gasteiger partial charge in [0.2, 0.25) is 0 Å². The lowest BCUT2D eigenvalue weighted by Gasteiger charge is -2.20. The maximum atomic E-state index is 11.5. The van der Waals surface area contributed by atoms with Crippen LogP contribution in [-0.4, -0.2) is 9.55 Å². The van der Waals surface area contributed by atoms with Crippen LogP contribution in [0.1, 0.15) is 26.5 Å². The minimum absolute atomic E-state index is 0.256. The average Bonchev–Trinajstić information content (AvgIpc) is 1.78. The Balaban J connectivity index is 3.58. The van der Waals surface area contributed by atoms with Crippen molar-refractivity contribution in [3.63, 3.8) is 0 Å². The number of rotatable bonds is 0. The first-order valence-electron chi connectivity index (χ1n) is 4.16. The lowest BCUT2D eigenvalue weighted by atomic mass is 10.1. The predicted molar refractivity (Wildman–Crippen MR) is 51.1 cm³/mol. The minimum Gasteiger partial charge on any atom is -0.311 e. The van der Waals surface area contributed by atoms with Gasteiger partial charge in [-0.15, -0.1) is 0 Å². The maximum Gasteiger partial charge on any atom is 0.329 e. The minimum atomic E-state index is -0.474. The van der Waals surface area contributed by atoms with Gasteiger partial charge in [0.1, 0.15) is 0 Å². The molecule has 0 amide bonds. The van der Waals surface area contributed by atoms with E-state index in [1.54, 1.807) is 6.92 Å². The van der Waals surface area contributed by atoms with Crippen LogP contribution in [0.3, 0.4) is 0 Å². The van der Waals surface area contributed by atoms with Crippen molar-refractivity contribution in [1.82, 2.24) is 9.55 Å². The highest BCUT2D eigenvalue weighted by atomic mass is 16.2. The van der Waals surface area contributed by atoms with Gasteiger partial charge in [-0.25, -0.2) is 4.79 Å². The number of aromatic amines is 1. The number of nitrogens with one attached hydrogen (secondary N) is 1. The Bertz CT molecular complexity index is 389. The van der Waals surface area contributed by atoms with E-state index in [9.17, 15) is 9.59 Å². The number of nitrogens with zero attached hydrogens (tertiary/aromatic N) is 1. The number of H-pyrrole nitrogens is 1. The molecule has 0 aliphatic heterocycles. The second-order valence-electron chi connectivity index (χ2n) is 4.10. The summed E-state index contributed by atoms with van der Waals surface area (Å²) < 4.78 is 1.21. The van der Waals surface area contributed by atoms with Crippen molar-refractivity contribution in [3.8, 4) is 0 Å². The average molecular weight is 182 g/mol. The van der Waals surface area contributed by atoms with Crippen molar-refractivity contribution in [2.75, 3.05) is 0 Å². The SMILES string of the molecule is Cc1cc(=O)n(C(C)(C)C)c(=O)[nH]1. The summed E-state index contributed by atoms with van der Waals surface area (Å²) in [6.07, 6.45) is 0. The fourth-order valence-electron chi connectivity index (χ4n) is 1.25. The summed E-state index contributed by atoms with van der Waals surface area (Å²) in [6, 6.07) is 1.42. The summed E-state index contributed by atoms with van der Waals surface area (Å²) in [5.41, 5.74) is -0.486. The third-order valence-electron chi connectivity index (χ3n) is 1.74. The molecule has 0 aliphatic carbocycles. The molecule has 1 aromatic rings. The summed E-state index contributed by atoms with van der Waals surface area (Å²) >= 11 is 0. The van der Waals surface area contributed by atoms with Crippen molar-refractivity contribution < 1.29 is 0 Å². The van der Waals surface area contributed by atoms with Crippen LogP contribution < -0.4 is 11.2 Å². The molecule has 13 heavy (non-hydrogen) atoms. The molecular formula is C9H14N2O2. The maximum absolute atomic E-state index is 11.5. The van der Waals surface area contributed by atoms with E-state index in [0.29, 0.717) is 5.69 Å². The number of hydrogen-bond acceptors (Lipinski definition) is 2. The smallest absolute Gasteiger partial charge is 0.311 e. The van der Waals surface area contributed by atoms with E-state index in [-0.39, 0.29) is 11.2 Å². The number of aryl methyl sites for hydroxylation is 1. The molecule has 0 aliphatic rings. The van der Waals surface area contributed by atoms with Crippen LogP contribution in [0, 0.1) is 6.92 Å². The van der Waals surface area contributed by atoms with Crippen molar-refractivity contribution in [2.24, 2.45) is 0 Å². The summed E-state index contributed by atoms with van der Waals surface area (Å²) in [6.45, 7) is 7.15. The van der Waals surface area contributed by atoms with Crippen molar-refractivity contribution in [2.45, 2.75) is 33.2 Å². The van der Waals surface area contributed by atoms with Gasteiger partial charge in [0.15, 0.2) is 0 Å². The van der Waals surface area contributed by atoms with Gasteiger partial charge >= 0.3 is 5.69 Å². The first-order valence-corrected chi connectivity index (χ1v) is 4.16. The van der Waals surface area contributed by atoms with Gasteiger partial charge in [0.05, 0.1) is 0 Å². The van der Waals surface area contributed by atoms with E-state index in [1.807, 2.05) is 20.8 Å². The highest BCUT2D eigenvalue weighted by Crippen LogP contribution is 2.06. The second kappa shape index (κ2) is 2.87. The third kappa shape index (κ3) is 1.88. The largest absolute Gasteiger partial charge is 0.329 e. The molecule has 1 rings (SSSR count). The molecule has 72 valence electrons. The highest BCUT2D eigenvalue weighted by Gasteiger charge is 2.17. The number of hydrogen-bond donors (Lipinski definition) is 1. The standard InChI is InChI=1S/C9H14N2O2/c1-6-5-7(12)11(8(13)10-6)9(2,3)4/h5H,1-4H3,(H,10,13). The fraction of sp³-hybridized carbons (Fsp3) is 0.556. The molecular weight excluding hydrogens is 168 g/mol. The van der Waals surface area contributed by atoms with E-state index < -0.39 is 5.54 Å².